The molecule has 242 valence electrons. The van der Waals surface area contributed by atoms with Crippen LogP contribution in [0.2, 0.25) is 0 Å². The Morgan fingerprint density at radius 2 is 1.82 bits per heavy atom. The molecule has 0 unspecified atom stereocenters. The second-order valence-electron chi connectivity index (χ2n) is 13.7. The molecule has 2 N–H and O–H groups in total. The van der Waals surface area contributed by atoms with E-state index in [0.717, 1.165) is 56.8 Å². The predicted octanol–water partition coefficient (Wildman–Crippen LogP) is 6.15. The lowest BCUT2D eigenvalue weighted by molar-refractivity contribution is -0.121. The van der Waals surface area contributed by atoms with Gasteiger partial charge < -0.3 is 19.7 Å². The van der Waals surface area contributed by atoms with Gasteiger partial charge in [0.15, 0.2) is 12.6 Å². The Balaban J connectivity index is 1.09. The molecule has 2 aliphatic rings. The molecule has 1 saturated heterocycles. The first-order valence-electron chi connectivity index (χ1n) is 15.9. The van der Waals surface area contributed by atoms with Crippen LogP contribution in [0.3, 0.4) is 0 Å². The molecule has 2 amide bonds. The molecule has 0 saturated carbocycles. The van der Waals surface area contributed by atoms with Gasteiger partial charge in [-0.05, 0) is 75.4 Å². The van der Waals surface area contributed by atoms with Crippen molar-refractivity contribution in [1.82, 2.24) is 10.2 Å². The van der Waals surface area contributed by atoms with Crippen molar-refractivity contribution in [3.8, 4) is 5.75 Å². The quantitative estimate of drug-likeness (QED) is 0.149. The van der Waals surface area contributed by atoms with Crippen LogP contribution in [0.5, 0.6) is 5.75 Å². The zero-order chi connectivity index (χ0) is 32.2. The number of nitrogens with zero attached hydrogens (tertiary/aromatic N) is 3. The summed E-state index contributed by atoms with van der Waals surface area (Å²) in [5.41, 5.74) is 2.39. The Morgan fingerprint density at radius 3 is 2.58 bits per heavy atom. The first kappa shape index (κ1) is 32.8. The Hall–Kier alpha value is -3.63. The molecule has 0 spiro atoms. The molecule has 0 aliphatic carbocycles. The van der Waals surface area contributed by atoms with Crippen molar-refractivity contribution in [3.63, 3.8) is 0 Å². The van der Waals surface area contributed by atoms with Crippen LogP contribution in [0.15, 0.2) is 47.8 Å². The van der Waals surface area contributed by atoms with Gasteiger partial charge in [-0.25, -0.2) is 0 Å². The van der Waals surface area contributed by atoms with Crippen molar-refractivity contribution in [2.45, 2.75) is 71.3 Å². The summed E-state index contributed by atoms with van der Waals surface area (Å²) in [7, 11) is 0. The highest BCUT2D eigenvalue weighted by Crippen LogP contribution is 2.42. The third-order valence-electron chi connectivity index (χ3n) is 8.41. The van der Waals surface area contributed by atoms with Gasteiger partial charge in [-0.2, -0.15) is 0 Å². The number of thiophene rings is 1. The van der Waals surface area contributed by atoms with Crippen LogP contribution in [0.4, 0.5) is 11.4 Å². The largest absolute Gasteiger partial charge is 0.494 e. The van der Waals surface area contributed by atoms with Gasteiger partial charge >= 0.3 is 0 Å². The summed E-state index contributed by atoms with van der Waals surface area (Å²) >= 11 is 1.80. The van der Waals surface area contributed by atoms with E-state index in [1.807, 2.05) is 39.0 Å². The third kappa shape index (κ3) is 8.35. The minimum atomic E-state index is -0.392. The van der Waals surface area contributed by atoms with Gasteiger partial charge in [-0.3, -0.25) is 24.8 Å². The van der Waals surface area contributed by atoms with Crippen LogP contribution in [-0.2, 0) is 19.7 Å². The highest BCUT2D eigenvalue weighted by Gasteiger charge is 2.37. The van der Waals surface area contributed by atoms with E-state index in [2.05, 4.69) is 58.6 Å². The fourth-order valence-corrected chi connectivity index (χ4v) is 6.94. The van der Waals surface area contributed by atoms with Crippen molar-refractivity contribution in [2.24, 2.45) is 0 Å². The molecule has 2 aliphatic heterocycles. The van der Waals surface area contributed by atoms with E-state index in [0.29, 0.717) is 18.8 Å². The molecule has 10 heteroatoms. The second kappa shape index (κ2) is 13.8. The fraction of sp³-hybridized carbons (Fsp3) is 0.514. The Kier molecular flexibility index (Phi) is 10.0. The lowest BCUT2D eigenvalue weighted by Gasteiger charge is -2.38. The number of ether oxygens (including phenoxy) is 2. The molecule has 0 radical (unpaired) electrons. The number of benzene rings is 2. The van der Waals surface area contributed by atoms with Crippen molar-refractivity contribution in [2.75, 3.05) is 55.9 Å². The van der Waals surface area contributed by atoms with Crippen LogP contribution in [0.1, 0.15) is 65.9 Å². The zero-order valence-corrected chi connectivity index (χ0v) is 28.1. The van der Waals surface area contributed by atoms with Gasteiger partial charge in [0.05, 0.1) is 12.3 Å². The average Bonchev–Trinajstić information content (AvgIpc) is 3.45. The summed E-state index contributed by atoms with van der Waals surface area (Å²) in [4.78, 5) is 32.0. The maximum absolute atomic E-state index is 13.2. The van der Waals surface area contributed by atoms with Crippen molar-refractivity contribution in [1.29, 1.82) is 5.41 Å². The third-order valence-corrected chi connectivity index (χ3v) is 9.29. The van der Waals surface area contributed by atoms with Crippen LogP contribution in [0.25, 0.3) is 10.1 Å². The molecule has 3 aromatic rings. The first-order valence-corrected chi connectivity index (χ1v) is 16.8. The van der Waals surface area contributed by atoms with Gasteiger partial charge in [0.25, 0.3) is 0 Å². The van der Waals surface area contributed by atoms with E-state index in [1.54, 1.807) is 16.2 Å². The van der Waals surface area contributed by atoms with Gasteiger partial charge in [0.2, 0.25) is 11.8 Å². The number of carbonyl (C=O) groups excluding carboxylic acids is 2. The van der Waals surface area contributed by atoms with E-state index in [1.165, 1.54) is 15.8 Å². The lowest BCUT2D eigenvalue weighted by atomic mass is 9.77. The number of fused-ring (bicyclic) bond motifs is 2. The van der Waals surface area contributed by atoms with E-state index < -0.39 is 5.54 Å². The van der Waals surface area contributed by atoms with Gasteiger partial charge in [-0.15, -0.1) is 11.3 Å². The van der Waals surface area contributed by atoms with Gasteiger partial charge in [-0.1, -0.05) is 26.0 Å². The Bertz CT molecular complexity index is 1520. The minimum Gasteiger partial charge on any atom is -0.494 e. The fourth-order valence-electron chi connectivity index (χ4n) is 6.14. The molecular formula is C35H47N5O4S. The molecule has 2 aromatic carbocycles. The highest BCUT2D eigenvalue weighted by atomic mass is 32.1. The number of hydrogen-bond acceptors (Lipinski definition) is 8. The monoisotopic (exact) mass is 633 g/mol. The van der Waals surface area contributed by atoms with Crippen LogP contribution < -0.4 is 19.9 Å². The zero-order valence-electron chi connectivity index (χ0n) is 27.3. The number of piperazine rings is 1. The second-order valence-corrected chi connectivity index (χ2v) is 14.7. The number of hydrogen-bond donors (Lipinski definition) is 2. The van der Waals surface area contributed by atoms with Crippen molar-refractivity contribution >= 4 is 50.5 Å². The molecule has 0 atom stereocenters. The van der Waals surface area contributed by atoms with Crippen LogP contribution in [-0.4, -0.2) is 74.2 Å². The van der Waals surface area contributed by atoms with E-state index >= 15 is 0 Å². The predicted molar refractivity (Wildman–Crippen MR) is 183 cm³/mol. The number of carbonyl (C=O) groups is 2. The van der Waals surface area contributed by atoms with Crippen LogP contribution in [0, 0.1) is 5.41 Å². The molecule has 1 fully saturated rings. The Labute approximate surface area is 271 Å². The SMILES string of the molecule is CC(C)(C)NC(=O)CC(=N)OCN1C(=O)CC(C)(C)c2ccc(OCCCCN3CCN(c4cccc5sccc45)CC3)cc21. The number of anilines is 2. The molecular weight excluding hydrogens is 586 g/mol. The molecule has 3 heterocycles. The standard InChI is InChI=1S/C35H47N5O4S/c1-34(2,3)37-32(41)22-31(36)44-24-40-29-21-25(11-12-27(29)35(4,5)23-33(40)42)43-19-7-6-14-38-15-17-39(18-16-38)28-9-8-10-30-26(28)13-20-45-30/h8-13,20-21,36H,6-7,14-19,22-24H2,1-5H3,(H,37,41). The summed E-state index contributed by atoms with van der Waals surface area (Å²) in [6.45, 7) is 15.5. The summed E-state index contributed by atoms with van der Waals surface area (Å²) in [6, 6.07) is 14.7. The highest BCUT2D eigenvalue weighted by molar-refractivity contribution is 7.17. The maximum Gasteiger partial charge on any atom is 0.230 e. The Morgan fingerprint density at radius 1 is 1.04 bits per heavy atom. The van der Waals surface area contributed by atoms with Crippen molar-refractivity contribution in [3.05, 3.63) is 53.4 Å². The summed E-state index contributed by atoms with van der Waals surface area (Å²) < 4.78 is 13.1. The maximum atomic E-state index is 13.2. The molecule has 0 bridgehead atoms. The summed E-state index contributed by atoms with van der Waals surface area (Å²) in [5, 5.41) is 14.5. The first-order chi connectivity index (χ1) is 21.4. The molecule has 5 rings (SSSR count). The topological polar surface area (TPSA) is 98.2 Å². The molecule has 1 aromatic heterocycles. The van der Waals surface area contributed by atoms with E-state index in [4.69, 9.17) is 14.9 Å². The number of unbranched alkanes of at least 4 members (excludes halogenated alkanes) is 1. The molecule has 9 nitrogen and oxygen atoms in total. The molecule has 45 heavy (non-hydrogen) atoms. The van der Waals surface area contributed by atoms with E-state index in [9.17, 15) is 9.59 Å². The lowest BCUT2D eigenvalue weighted by Crippen LogP contribution is -2.46. The van der Waals surface area contributed by atoms with Crippen LogP contribution >= 0.6 is 11.3 Å². The summed E-state index contributed by atoms with van der Waals surface area (Å²) in [6.07, 6.45) is 2.15. The van der Waals surface area contributed by atoms with Gasteiger partial charge in [0.1, 0.15) is 12.2 Å². The number of amides is 2. The smallest absolute Gasteiger partial charge is 0.230 e. The van der Waals surface area contributed by atoms with Crippen molar-refractivity contribution < 1.29 is 19.1 Å². The average molecular weight is 634 g/mol. The minimum absolute atomic E-state index is 0.0799. The van der Waals surface area contributed by atoms with E-state index in [-0.39, 0.29) is 36.3 Å². The number of rotatable bonds is 11. The van der Waals surface area contributed by atoms with Gasteiger partial charge in [0, 0.05) is 65.4 Å². The number of nitrogens with one attached hydrogen (secondary N) is 2. The normalized spacial score (nSPS) is 16.9. The summed E-state index contributed by atoms with van der Waals surface area (Å²) in [5.74, 6) is 0.164.